The van der Waals surface area contributed by atoms with E-state index < -0.39 is 0 Å². The number of para-hydroxylation sites is 2. The molecule has 0 aromatic heterocycles. The van der Waals surface area contributed by atoms with Crippen LogP contribution in [-0.4, -0.2) is 0 Å². The molecule has 0 spiro atoms. The third-order valence-corrected chi connectivity index (χ3v) is 4.34. The summed E-state index contributed by atoms with van der Waals surface area (Å²) in [5.74, 6) is 0.587. The second-order valence-electron chi connectivity index (χ2n) is 5.87. The number of rotatable bonds is 3. The minimum Gasteiger partial charge on any atom is -0.454 e. The van der Waals surface area contributed by atoms with Crippen LogP contribution >= 0.6 is 0 Å². The van der Waals surface area contributed by atoms with Gasteiger partial charge in [0.1, 0.15) is 5.75 Å². The molecule has 0 amide bonds. The second-order valence-corrected chi connectivity index (χ2v) is 5.87. The fourth-order valence-electron chi connectivity index (χ4n) is 3.19. The highest BCUT2D eigenvalue weighted by molar-refractivity contribution is 5.72. The Morgan fingerprint density at radius 3 is 2.48 bits per heavy atom. The van der Waals surface area contributed by atoms with Gasteiger partial charge in [0.05, 0.1) is 0 Å². The molecule has 1 aliphatic rings. The largest absolute Gasteiger partial charge is 0.454 e. The molecule has 0 radical (unpaired) electrons. The first-order chi connectivity index (χ1) is 11.3. The zero-order chi connectivity index (χ0) is 15.6. The molecule has 0 fully saturated rings. The molecule has 1 aliphatic carbocycles. The van der Waals surface area contributed by atoms with Gasteiger partial charge in [-0.1, -0.05) is 48.5 Å². The summed E-state index contributed by atoms with van der Waals surface area (Å²) in [5.41, 5.74) is 4.59. The van der Waals surface area contributed by atoms with Crippen molar-refractivity contribution in [1.82, 2.24) is 0 Å². The fourth-order valence-corrected chi connectivity index (χ4v) is 3.19. The maximum absolute atomic E-state index is 14.4. The summed E-state index contributed by atoms with van der Waals surface area (Å²) >= 11 is 0. The van der Waals surface area contributed by atoms with E-state index in [1.54, 1.807) is 6.07 Å². The van der Waals surface area contributed by atoms with Crippen LogP contribution in [-0.2, 0) is 12.8 Å². The molecule has 0 saturated heterocycles. The van der Waals surface area contributed by atoms with Gasteiger partial charge < -0.3 is 4.74 Å². The molecule has 2 heteroatoms. The summed E-state index contributed by atoms with van der Waals surface area (Å²) in [6.45, 7) is 0. The van der Waals surface area contributed by atoms with Gasteiger partial charge in [0.25, 0.3) is 0 Å². The van der Waals surface area contributed by atoms with Crippen LogP contribution in [0.5, 0.6) is 11.5 Å². The summed E-state index contributed by atoms with van der Waals surface area (Å²) in [6.07, 6.45) is 3.45. The first-order valence-electron chi connectivity index (χ1n) is 7.95. The van der Waals surface area contributed by atoms with Crippen molar-refractivity contribution in [3.8, 4) is 22.6 Å². The molecule has 3 aromatic rings. The van der Waals surface area contributed by atoms with Crippen molar-refractivity contribution in [1.29, 1.82) is 0 Å². The number of aryl methyl sites for hydroxylation is 2. The Kier molecular flexibility index (Phi) is 3.58. The van der Waals surface area contributed by atoms with E-state index >= 15 is 0 Å². The lowest BCUT2D eigenvalue weighted by molar-refractivity contribution is 0.444. The first kappa shape index (κ1) is 14.0. The van der Waals surface area contributed by atoms with Crippen molar-refractivity contribution in [3.63, 3.8) is 0 Å². The van der Waals surface area contributed by atoms with Gasteiger partial charge in [-0.3, -0.25) is 0 Å². The third kappa shape index (κ3) is 2.72. The second kappa shape index (κ2) is 5.88. The molecule has 0 heterocycles. The van der Waals surface area contributed by atoms with Crippen LogP contribution in [0.3, 0.4) is 0 Å². The summed E-state index contributed by atoms with van der Waals surface area (Å²) in [7, 11) is 0. The zero-order valence-corrected chi connectivity index (χ0v) is 12.8. The predicted molar refractivity (Wildman–Crippen MR) is 90.4 cm³/mol. The van der Waals surface area contributed by atoms with E-state index in [0.29, 0.717) is 5.75 Å². The highest BCUT2D eigenvalue weighted by Gasteiger charge is 2.16. The molecule has 0 unspecified atom stereocenters. The monoisotopic (exact) mass is 304 g/mol. The van der Waals surface area contributed by atoms with Crippen LogP contribution in [0.1, 0.15) is 17.5 Å². The van der Waals surface area contributed by atoms with Crippen LogP contribution in [0.15, 0.2) is 66.7 Å². The van der Waals surface area contributed by atoms with Crippen molar-refractivity contribution in [2.45, 2.75) is 19.3 Å². The number of ether oxygens (including phenoxy) is 1. The molecular formula is C21H17FO. The van der Waals surface area contributed by atoms with Gasteiger partial charge in [-0.25, -0.2) is 4.39 Å². The van der Waals surface area contributed by atoms with Crippen LogP contribution in [0.2, 0.25) is 0 Å². The summed E-state index contributed by atoms with van der Waals surface area (Å²) in [4.78, 5) is 0. The summed E-state index contributed by atoms with van der Waals surface area (Å²) in [5, 5.41) is 0. The van der Waals surface area contributed by atoms with E-state index in [0.717, 1.165) is 24.0 Å². The van der Waals surface area contributed by atoms with E-state index in [4.69, 9.17) is 4.74 Å². The molecule has 0 saturated carbocycles. The maximum Gasteiger partial charge on any atom is 0.170 e. The van der Waals surface area contributed by atoms with Gasteiger partial charge in [-0.05, 0) is 54.2 Å². The smallest absolute Gasteiger partial charge is 0.170 e. The fraction of sp³-hybridized carbons (Fsp3) is 0.143. The molecule has 114 valence electrons. The molecule has 0 N–H and O–H groups in total. The lowest BCUT2D eigenvalue weighted by Gasteiger charge is -2.13. The average Bonchev–Trinajstić information content (AvgIpc) is 3.05. The predicted octanol–water partition coefficient (Wildman–Crippen LogP) is 5.77. The van der Waals surface area contributed by atoms with Crippen molar-refractivity contribution in [3.05, 3.63) is 83.7 Å². The Balaban J connectivity index is 1.78. The van der Waals surface area contributed by atoms with E-state index in [1.165, 1.54) is 23.6 Å². The molecule has 3 aromatic carbocycles. The number of halogens is 1. The number of fused-ring (bicyclic) bond motifs is 1. The molecule has 0 bridgehead atoms. The van der Waals surface area contributed by atoms with E-state index in [9.17, 15) is 4.39 Å². The Morgan fingerprint density at radius 1 is 0.783 bits per heavy atom. The minimum atomic E-state index is -0.341. The van der Waals surface area contributed by atoms with E-state index in [-0.39, 0.29) is 11.6 Å². The topological polar surface area (TPSA) is 9.23 Å². The lowest BCUT2D eigenvalue weighted by Crippen LogP contribution is -1.93. The van der Waals surface area contributed by atoms with Gasteiger partial charge in [-0.2, -0.15) is 0 Å². The Hall–Kier alpha value is -2.61. The normalized spacial score (nSPS) is 12.9. The number of hydrogen-bond donors (Lipinski definition) is 0. The van der Waals surface area contributed by atoms with Gasteiger partial charge in [0, 0.05) is 5.56 Å². The van der Waals surface area contributed by atoms with Gasteiger partial charge in [0.15, 0.2) is 11.6 Å². The molecular weight excluding hydrogens is 287 g/mol. The van der Waals surface area contributed by atoms with Gasteiger partial charge >= 0.3 is 0 Å². The van der Waals surface area contributed by atoms with Crippen LogP contribution in [0.25, 0.3) is 11.1 Å². The van der Waals surface area contributed by atoms with Crippen molar-refractivity contribution < 1.29 is 9.13 Å². The zero-order valence-electron chi connectivity index (χ0n) is 12.8. The van der Waals surface area contributed by atoms with E-state index in [1.807, 2.05) is 36.4 Å². The van der Waals surface area contributed by atoms with Crippen LogP contribution in [0, 0.1) is 5.82 Å². The van der Waals surface area contributed by atoms with Crippen molar-refractivity contribution in [2.75, 3.05) is 0 Å². The number of benzene rings is 3. The highest BCUT2D eigenvalue weighted by Crippen LogP contribution is 2.37. The van der Waals surface area contributed by atoms with Gasteiger partial charge in [-0.15, -0.1) is 0 Å². The van der Waals surface area contributed by atoms with Crippen LogP contribution < -0.4 is 4.74 Å². The maximum atomic E-state index is 14.4. The van der Waals surface area contributed by atoms with Crippen LogP contribution in [0.4, 0.5) is 4.39 Å². The Morgan fingerprint density at radius 2 is 1.61 bits per heavy atom. The Bertz CT molecular complexity index is 840. The average molecular weight is 304 g/mol. The SMILES string of the molecule is Fc1cccc(-c2ccc3c(c2)CCC3)c1Oc1ccccc1. The quantitative estimate of drug-likeness (QED) is 0.596. The lowest BCUT2D eigenvalue weighted by atomic mass is 9.99. The van der Waals surface area contributed by atoms with E-state index in [2.05, 4.69) is 18.2 Å². The van der Waals surface area contributed by atoms with Crippen molar-refractivity contribution in [2.24, 2.45) is 0 Å². The number of hydrogen-bond acceptors (Lipinski definition) is 1. The molecule has 23 heavy (non-hydrogen) atoms. The molecule has 1 nitrogen and oxygen atoms in total. The molecule has 4 rings (SSSR count). The standard InChI is InChI=1S/C21H17FO/c22-20-11-5-10-19(21(20)23-18-8-2-1-3-9-18)17-13-12-15-6-4-7-16(15)14-17/h1-3,5,8-14H,4,6-7H2. The van der Waals surface area contributed by atoms with Crippen molar-refractivity contribution >= 4 is 0 Å². The minimum absolute atomic E-state index is 0.289. The molecule has 0 aliphatic heterocycles. The molecule has 0 atom stereocenters. The first-order valence-corrected chi connectivity index (χ1v) is 7.95. The van der Waals surface area contributed by atoms with Gasteiger partial charge in [0.2, 0.25) is 0 Å². The Labute approximate surface area is 135 Å². The summed E-state index contributed by atoms with van der Waals surface area (Å²) < 4.78 is 20.2. The summed E-state index contributed by atoms with van der Waals surface area (Å²) in [6, 6.07) is 20.8. The highest BCUT2D eigenvalue weighted by atomic mass is 19.1. The third-order valence-electron chi connectivity index (χ3n) is 4.34.